The number of nitrogens with one attached hydrogen (secondary N) is 1. The van der Waals surface area contributed by atoms with Crippen LogP contribution in [-0.4, -0.2) is 60.6 Å². The van der Waals surface area contributed by atoms with Crippen LogP contribution in [0.2, 0.25) is 0 Å². The quantitative estimate of drug-likeness (QED) is 0.343. The number of aromatic nitrogens is 5. The molecule has 0 saturated heterocycles. The number of pyridine rings is 2. The van der Waals surface area contributed by atoms with E-state index in [-0.39, 0.29) is 29.4 Å². The predicted octanol–water partition coefficient (Wildman–Crippen LogP) is 3.03. The molecule has 11 nitrogen and oxygen atoms in total. The van der Waals surface area contributed by atoms with Gasteiger partial charge >= 0.3 is 0 Å². The molecule has 0 fully saturated rings. The van der Waals surface area contributed by atoms with Crippen molar-refractivity contribution in [1.82, 2.24) is 28.8 Å². The summed E-state index contributed by atoms with van der Waals surface area (Å²) in [6.07, 6.45) is 7.81. The molecule has 0 bridgehead atoms. The Labute approximate surface area is 243 Å². The summed E-state index contributed by atoms with van der Waals surface area (Å²) >= 11 is 0. The number of rotatable bonds is 7. The molecule has 0 saturated carbocycles. The number of aryl methyl sites for hydroxylation is 1. The van der Waals surface area contributed by atoms with E-state index in [1.807, 2.05) is 16.8 Å². The van der Waals surface area contributed by atoms with Gasteiger partial charge in [0.15, 0.2) is 6.29 Å². The monoisotopic (exact) mass is 566 g/mol. The Bertz CT molecular complexity index is 1750. The Hall–Kier alpha value is -4.51. The number of hydrogen-bond donors (Lipinski definition) is 1. The molecule has 4 aromatic heterocycles. The van der Waals surface area contributed by atoms with Gasteiger partial charge in [-0.3, -0.25) is 33.4 Å². The maximum absolute atomic E-state index is 13.7. The lowest BCUT2D eigenvalue weighted by Gasteiger charge is -2.29. The van der Waals surface area contributed by atoms with Crippen LogP contribution in [0.5, 0.6) is 0 Å². The van der Waals surface area contributed by atoms with E-state index < -0.39 is 0 Å². The number of anilines is 2. The molecule has 0 aliphatic carbocycles. The molecule has 11 heteroatoms. The van der Waals surface area contributed by atoms with E-state index >= 15 is 0 Å². The van der Waals surface area contributed by atoms with Crippen molar-refractivity contribution < 1.29 is 9.59 Å². The minimum atomic E-state index is -0.251. The van der Waals surface area contributed by atoms with Crippen molar-refractivity contribution in [2.45, 2.75) is 58.8 Å². The van der Waals surface area contributed by atoms with Crippen LogP contribution in [0.4, 0.5) is 11.6 Å². The van der Waals surface area contributed by atoms with Gasteiger partial charge in [0.25, 0.3) is 11.5 Å². The van der Waals surface area contributed by atoms with Gasteiger partial charge in [-0.1, -0.05) is 13.0 Å². The molecule has 216 valence electrons. The molecule has 3 aliphatic rings. The number of nitrogens with zero attached hydrogens (tertiary/aromatic N) is 7. The summed E-state index contributed by atoms with van der Waals surface area (Å²) in [5.41, 5.74) is 5.01. The highest BCUT2D eigenvalue weighted by atomic mass is 16.2. The van der Waals surface area contributed by atoms with E-state index in [0.717, 1.165) is 69.2 Å². The predicted molar refractivity (Wildman–Crippen MR) is 158 cm³/mol. The van der Waals surface area contributed by atoms with Gasteiger partial charge < -0.3 is 9.88 Å². The first-order valence-corrected chi connectivity index (χ1v) is 14.8. The van der Waals surface area contributed by atoms with Gasteiger partial charge in [-0.2, -0.15) is 5.10 Å². The van der Waals surface area contributed by atoms with Gasteiger partial charge in [-0.05, 0) is 44.0 Å². The number of hydrogen-bond acceptors (Lipinski definition) is 7. The Morgan fingerprint density at radius 3 is 2.79 bits per heavy atom. The average Bonchev–Trinajstić information content (AvgIpc) is 3.61. The number of carbonyl (C=O) groups is 2. The van der Waals surface area contributed by atoms with Crippen molar-refractivity contribution >= 4 is 23.8 Å². The fraction of sp³-hybridized carbons (Fsp3) is 0.387. The van der Waals surface area contributed by atoms with Gasteiger partial charge in [-0.15, -0.1) is 0 Å². The molecule has 0 atom stereocenters. The largest absolute Gasteiger partial charge is 0.364 e. The topological polar surface area (TPSA) is 110 Å². The highest BCUT2D eigenvalue weighted by molar-refractivity contribution is 6.10. The van der Waals surface area contributed by atoms with Crippen molar-refractivity contribution in [1.29, 1.82) is 0 Å². The third kappa shape index (κ3) is 4.44. The fourth-order valence-corrected chi connectivity index (χ4v) is 6.55. The van der Waals surface area contributed by atoms with Crippen LogP contribution < -0.4 is 15.8 Å². The van der Waals surface area contributed by atoms with E-state index in [1.165, 1.54) is 10.3 Å². The second-order valence-corrected chi connectivity index (χ2v) is 11.2. The van der Waals surface area contributed by atoms with E-state index in [9.17, 15) is 14.4 Å². The van der Waals surface area contributed by atoms with Crippen molar-refractivity contribution in [2.75, 3.05) is 29.9 Å². The second-order valence-electron chi connectivity index (χ2n) is 11.2. The molecule has 4 aromatic rings. The number of amides is 1. The highest BCUT2D eigenvalue weighted by Gasteiger charge is 2.33. The van der Waals surface area contributed by atoms with Crippen molar-refractivity contribution in [2.24, 2.45) is 0 Å². The Morgan fingerprint density at radius 1 is 1.02 bits per heavy atom. The molecule has 42 heavy (non-hydrogen) atoms. The summed E-state index contributed by atoms with van der Waals surface area (Å²) in [4.78, 5) is 48.2. The lowest BCUT2D eigenvalue weighted by Crippen LogP contribution is -2.39. The minimum Gasteiger partial charge on any atom is -0.364 e. The molecular formula is C31H34N8O3. The fourth-order valence-electron chi connectivity index (χ4n) is 6.55. The van der Waals surface area contributed by atoms with E-state index in [2.05, 4.69) is 31.8 Å². The molecule has 1 amide bonds. The molecule has 7 rings (SSSR count). The summed E-state index contributed by atoms with van der Waals surface area (Å²) < 4.78 is 5.76. The third-order valence-corrected chi connectivity index (χ3v) is 8.80. The standard InChI is InChI=1S/C31H34N8O3/c1-2-35-14-15-39-23(19-35)17-28(34-39)33-18-21-6-5-12-37(30(21)41)26-8-10-32-29(25(26)20-40)38-13-9-27-24(31(38)42)16-22-7-3-4-11-36(22)27/h5-6,8,10,12,16-17,20H,2-4,7,9,11,13-15,18-19H2,1H3,(H,33,34). The Balaban J connectivity index is 1.16. The molecule has 1 N–H and O–H groups in total. The zero-order valence-electron chi connectivity index (χ0n) is 23.8. The lowest BCUT2D eigenvalue weighted by atomic mass is 10.1. The van der Waals surface area contributed by atoms with Crippen LogP contribution in [0.25, 0.3) is 5.69 Å². The molecular weight excluding hydrogens is 532 g/mol. The number of likely N-dealkylation sites (N-methyl/N-ethyl adjacent to an activating group) is 1. The molecule has 0 unspecified atom stereocenters. The smallest absolute Gasteiger partial charge is 0.261 e. The maximum Gasteiger partial charge on any atom is 0.261 e. The van der Waals surface area contributed by atoms with E-state index in [4.69, 9.17) is 0 Å². The summed E-state index contributed by atoms with van der Waals surface area (Å²) in [6, 6.07) is 9.24. The van der Waals surface area contributed by atoms with Crippen molar-refractivity contribution in [3.8, 4) is 5.69 Å². The first-order chi connectivity index (χ1) is 20.6. The minimum absolute atomic E-state index is 0.152. The number of aldehydes is 1. The van der Waals surface area contributed by atoms with Gasteiger partial charge in [0.2, 0.25) is 0 Å². The van der Waals surface area contributed by atoms with Crippen LogP contribution in [-0.2, 0) is 39.0 Å². The highest BCUT2D eigenvalue weighted by Crippen LogP contribution is 2.31. The van der Waals surface area contributed by atoms with Gasteiger partial charge in [0.1, 0.15) is 11.6 Å². The number of fused-ring (bicyclic) bond motifs is 4. The zero-order valence-corrected chi connectivity index (χ0v) is 23.8. The molecule has 0 aromatic carbocycles. The summed E-state index contributed by atoms with van der Waals surface area (Å²) in [7, 11) is 0. The first kappa shape index (κ1) is 26.4. The average molecular weight is 567 g/mol. The van der Waals surface area contributed by atoms with E-state index in [1.54, 1.807) is 35.5 Å². The Kier molecular flexibility index (Phi) is 6.73. The summed E-state index contributed by atoms with van der Waals surface area (Å²) in [5, 5.41) is 7.95. The summed E-state index contributed by atoms with van der Waals surface area (Å²) in [6.45, 7) is 7.48. The molecule has 0 radical (unpaired) electrons. The molecule has 7 heterocycles. The van der Waals surface area contributed by atoms with Crippen LogP contribution in [0.1, 0.15) is 63.1 Å². The van der Waals surface area contributed by atoms with Crippen LogP contribution in [0.15, 0.2) is 47.5 Å². The first-order valence-electron chi connectivity index (χ1n) is 14.8. The summed E-state index contributed by atoms with van der Waals surface area (Å²) in [5.74, 6) is 0.858. The number of carbonyl (C=O) groups excluding carboxylic acids is 2. The zero-order chi connectivity index (χ0) is 28.8. The van der Waals surface area contributed by atoms with Crippen LogP contribution in [0, 0.1) is 0 Å². The van der Waals surface area contributed by atoms with Crippen LogP contribution in [0.3, 0.4) is 0 Å². The normalized spacial score (nSPS) is 16.6. The maximum atomic E-state index is 13.7. The van der Waals surface area contributed by atoms with Crippen LogP contribution >= 0.6 is 0 Å². The third-order valence-electron chi connectivity index (χ3n) is 8.80. The second kappa shape index (κ2) is 10.7. The van der Waals surface area contributed by atoms with Gasteiger partial charge in [-0.25, -0.2) is 4.98 Å². The van der Waals surface area contributed by atoms with Gasteiger partial charge in [0.05, 0.1) is 29.1 Å². The van der Waals surface area contributed by atoms with Crippen molar-refractivity contribution in [3.05, 3.63) is 86.9 Å². The van der Waals surface area contributed by atoms with E-state index in [0.29, 0.717) is 36.1 Å². The lowest BCUT2D eigenvalue weighted by molar-refractivity contribution is 0.0979. The molecule has 3 aliphatic heterocycles. The van der Waals surface area contributed by atoms with Gasteiger partial charge in [0, 0.05) is 74.6 Å². The SMILES string of the molecule is CCN1CCn2nc(NCc3cccn(-c4ccnc(N5CCc6c(cc7n6CCCC7)C5=O)c4C=O)c3=O)cc2C1. The van der Waals surface area contributed by atoms with Crippen molar-refractivity contribution in [3.63, 3.8) is 0 Å². The Morgan fingerprint density at radius 2 is 1.93 bits per heavy atom. The molecule has 0 spiro atoms.